The number of non-ortho nitro benzene ring substituents is 2. The molecule has 0 heterocycles. The number of nitrogens with one attached hydrogen (secondary N) is 1. The standard InChI is InChI=1S/C18H26N4O5/c1-2-3-4-5-6-7-8-9-10-11-19-20-18(23)15-12-16(21(24)25)14-17(13-15)22(26)27/h11-14H,2-10H2,1H3,(H,20,23)/b19-11-. The number of amides is 1. The molecule has 0 spiro atoms. The molecule has 0 aromatic heterocycles. The Morgan fingerprint density at radius 3 is 2.00 bits per heavy atom. The second kappa shape index (κ2) is 12.5. The third-order valence-corrected chi connectivity index (χ3v) is 4.03. The van der Waals surface area contributed by atoms with E-state index in [1.807, 2.05) is 0 Å². The van der Waals surface area contributed by atoms with Crippen LogP contribution in [0.2, 0.25) is 0 Å². The number of nitro benzene ring substituents is 2. The zero-order chi connectivity index (χ0) is 20.1. The van der Waals surface area contributed by atoms with Crippen molar-refractivity contribution in [3.63, 3.8) is 0 Å². The van der Waals surface area contributed by atoms with E-state index in [0.29, 0.717) is 6.42 Å². The molecule has 1 amide bonds. The molecule has 0 radical (unpaired) electrons. The highest BCUT2D eigenvalue weighted by molar-refractivity contribution is 5.95. The maximum Gasteiger partial charge on any atom is 0.277 e. The van der Waals surface area contributed by atoms with Crippen LogP contribution < -0.4 is 5.43 Å². The van der Waals surface area contributed by atoms with E-state index in [-0.39, 0.29) is 5.56 Å². The van der Waals surface area contributed by atoms with Gasteiger partial charge in [-0.15, -0.1) is 0 Å². The highest BCUT2D eigenvalue weighted by atomic mass is 16.6. The molecule has 0 saturated heterocycles. The van der Waals surface area contributed by atoms with Crippen LogP contribution >= 0.6 is 0 Å². The normalized spacial score (nSPS) is 10.9. The zero-order valence-electron chi connectivity index (χ0n) is 15.6. The fourth-order valence-corrected chi connectivity index (χ4v) is 2.54. The van der Waals surface area contributed by atoms with Crippen LogP contribution in [0, 0.1) is 20.2 Å². The van der Waals surface area contributed by atoms with Gasteiger partial charge in [0.25, 0.3) is 17.3 Å². The van der Waals surface area contributed by atoms with Crippen LogP contribution in [-0.4, -0.2) is 22.0 Å². The summed E-state index contributed by atoms with van der Waals surface area (Å²) in [5, 5.41) is 25.5. The first-order chi connectivity index (χ1) is 13.0. The topological polar surface area (TPSA) is 128 Å². The van der Waals surface area contributed by atoms with E-state index in [4.69, 9.17) is 0 Å². The highest BCUT2D eigenvalue weighted by Crippen LogP contribution is 2.22. The van der Waals surface area contributed by atoms with Gasteiger partial charge in [0, 0.05) is 18.3 Å². The van der Waals surface area contributed by atoms with Gasteiger partial charge in [-0.3, -0.25) is 25.0 Å². The van der Waals surface area contributed by atoms with Crippen molar-refractivity contribution in [1.29, 1.82) is 0 Å². The lowest BCUT2D eigenvalue weighted by Crippen LogP contribution is -2.17. The minimum atomic E-state index is -0.782. The molecule has 0 unspecified atom stereocenters. The summed E-state index contributed by atoms with van der Waals surface area (Å²) in [4.78, 5) is 32.1. The Morgan fingerprint density at radius 2 is 1.48 bits per heavy atom. The third-order valence-electron chi connectivity index (χ3n) is 4.03. The molecule has 9 heteroatoms. The number of rotatable bonds is 13. The van der Waals surface area contributed by atoms with E-state index < -0.39 is 27.1 Å². The molecule has 0 saturated carbocycles. The van der Waals surface area contributed by atoms with Gasteiger partial charge in [0.05, 0.1) is 21.5 Å². The minimum Gasteiger partial charge on any atom is -0.267 e. The van der Waals surface area contributed by atoms with Crippen LogP contribution in [0.4, 0.5) is 11.4 Å². The molecule has 0 aliphatic heterocycles. The maximum absolute atomic E-state index is 12.0. The SMILES string of the molecule is CCCCCCCCCC/C=N\NC(=O)c1cc([N+](=O)[O-])cc([N+](=O)[O-])c1. The van der Waals surface area contributed by atoms with Gasteiger partial charge in [-0.05, 0) is 12.8 Å². The van der Waals surface area contributed by atoms with Crippen molar-refractivity contribution in [2.45, 2.75) is 64.7 Å². The van der Waals surface area contributed by atoms with Crippen molar-refractivity contribution in [2.75, 3.05) is 0 Å². The molecular formula is C18H26N4O5. The minimum absolute atomic E-state index is 0.180. The van der Waals surface area contributed by atoms with E-state index in [1.165, 1.54) is 38.5 Å². The number of nitrogens with zero attached hydrogens (tertiary/aromatic N) is 3. The Labute approximate surface area is 158 Å². The summed E-state index contributed by atoms with van der Waals surface area (Å²) in [5.74, 6) is -0.728. The molecule has 148 valence electrons. The van der Waals surface area contributed by atoms with Crippen molar-refractivity contribution in [3.05, 3.63) is 44.0 Å². The van der Waals surface area contributed by atoms with Gasteiger partial charge in [0.2, 0.25) is 0 Å². The van der Waals surface area contributed by atoms with Gasteiger partial charge in [0.15, 0.2) is 0 Å². The van der Waals surface area contributed by atoms with Crippen molar-refractivity contribution in [3.8, 4) is 0 Å². The van der Waals surface area contributed by atoms with E-state index >= 15 is 0 Å². The number of hydrogen-bond donors (Lipinski definition) is 1. The summed E-state index contributed by atoms with van der Waals surface area (Å²) in [7, 11) is 0. The predicted octanol–water partition coefficient (Wildman–Crippen LogP) is 4.75. The predicted molar refractivity (Wildman–Crippen MR) is 103 cm³/mol. The Hall–Kier alpha value is -2.84. The van der Waals surface area contributed by atoms with E-state index in [1.54, 1.807) is 6.21 Å². The van der Waals surface area contributed by atoms with Crippen molar-refractivity contribution in [1.82, 2.24) is 5.43 Å². The van der Waals surface area contributed by atoms with Crippen molar-refractivity contribution < 1.29 is 14.6 Å². The van der Waals surface area contributed by atoms with E-state index in [0.717, 1.165) is 31.0 Å². The molecule has 0 atom stereocenters. The summed E-state index contributed by atoms with van der Waals surface area (Å²) >= 11 is 0. The molecule has 1 rings (SSSR count). The molecular weight excluding hydrogens is 352 g/mol. The van der Waals surface area contributed by atoms with Gasteiger partial charge in [-0.25, -0.2) is 5.43 Å². The summed E-state index contributed by atoms with van der Waals surface area (Å²) < 4.78 is 0. The first-order valence-electron chi connectivity index (χ1n) is 9.21. The van der Waals surface area contributed by atoms with Crippen molar-refractivity contribution >= 4 is 23.5 Å². The number of nitro groups is 2. The molecule has 27 heavy (non-hydrogen) atoms. The second-order valence-electron chi connectivity index (χ2n) is 6.27. The molecule has 1 N–H and O–H groups in total. The summed E-state index contributed by atoms with van der Waals surface area (Å²) in [6, 6.07) is 2.77. The lowest BCUT2D eigenvalue weighted by Gasteiger charge is -2.01. The largest absolute Gasteiger partial charge is 0.277 e. The van der Waals surface area contributed by atoms with Gasteiger partial charge in [-0.2, -0.15) is 5.10 Å². The number of benzene rings is 1. The first kappa shape index (κ1) is 22.2. The Balaban J connectivity index is 2.38. The number of carbonyl (C=O) groups excluding carboxylic acids is 1. The number of hydrogen-bond acceptors (Lipinski definition) is 6. The van der Waals surface area contributed by atoms with Gasteiger partial charge in [0.1, 0.15) is 0 Å². The smallest absolute Gasteiger partial charge is 0.267 e. The van der Waals surface area contributed by atoms with Crippen LogP contribution in [0.1, 0.15) is 75.1 Å². The van der Waals surface area contributed by atoms with Crippen LogP contribution in [0.15, 0.2) is 23.3 Å². The first-order valence-corrected chi connectivity index (χ1v) is 9.21. The molecule has 1 aromatic rings. The van der Waals surface area contributed by atoms with Gasteiger partial charge >= 0.3 is 0 Å². The fourth-order valence-electron chi connectivity index (χ4n) is 2.54. The van der Waals surface area contributed by atoms with Crippen LogP contribution in [0.5, 0.6) is 0 Å². The van der Waals surface area contributed by atoms with Crippen LogP contribution in [0.25, 0.3) is 0 Å². The third kappa shape index (κ3) is 8.89. The Kier molecular flexibility index (Phi) is 10.3. The summed E-state index contributed by atoms with van der Waals surface area (Å²) in [6.07, 6.45) is 11.9. The average molecular weight is 378 g/mol. The fraction of sp³-hybridized carbons (Fsp3) is 0.556. The Bertz CT molecular complexity index is 643. The molecule has 0 aliphatic carbocycles. The number of unbranched alkanes of at least 4 members (excludes halogenated alkanes) is 8. The lowest BCUT2D eigenvalue weighted by molar-refractivity contribution is -0.394. The molecule has 1 aromatic carbocycles. The monoisotopic (exact) mass is 378 g/mol. The average Bonchev–Trinajstić information content (AvgIpc) is 2.65. The quantitative estimate of drug-likeness (QED) is 0.229. The number of hydrazone groups is 1. The molecule has 9 nitrogen and oxygen atoms in total. The van der Waals surface area contributed by atoms with Crippen molar-refractivity contribution in [2.24, 2.45) is 5.10 Å². The zero-order valence-corrected chi connectivity index (χ0v) is 15.6. The lowest BCUT2D eigenvalue weighted by atomic mass is 10.1. The molecule has 0 bridgehead atoms. The maximum atomic E-state index is 12.0. The summed E-state index contributed by atoms with van der Waals surface area (Å²) in [6.45, 7) is 2.19. The van der Waals surface area contributed by atoms with Gasteiger partial charge in [-0.1, -0.05) is 51.9 Å². The van der Waals surface area contributed by atoms with E-state index in [9.17, 15) is 25.0 Å². The molecule has 0 aliphatic rings. The van der Waals surface area contributed by atoms with Crippen LogP contribution in [-0.2, 0) is 0 Å². The van der Waals surface area contributed by atoms with Crippen LogP contribution in [0.3, 0.4) is 0 Å². The van der Waals surface area contributed by atoms with Gasteiger partial charge < -0.3 is 0 Å². The molecule has 0 fully saturated rings. The second-order valence-corrected chi connectivity index (χ2v) is 6.27. The Morgan fingerprint density at radius 1 is 0.963 bits per heavy atom. The van der Waals surface area contributed by atoms with E-state index in [2.05, 4.69) is 17.5 Å². The summed E-state index contributed by atoms with van der Waals surface area (Å²) in [5.41, 5.74) is 1.03. The number of carbonyl (C=O) groups is 1. The highest BCUT2D eigenvalue weighted by Gasteiger charge is 2.19.